The number of rotatable bonds is 5. The summed E-state index contributed by atoms with van der Waals surface area (Å²) in [4.78, 5) is 1.69. The molecule has 0 aromatic heterocycles. The molecule has 6 heteroatoms. The second-order valence-corrected chi connectivity index (χ2v) is 3.55. The van der Waals surface area contributed by atoms with E-state index in [1.165, 1.54) is 0 Å². The number of alkyl halides is 3. The van der Waals surface area contributed by atoms with E-state index < -0.39 is 13.0 Å². The van der Waals surface area contributed by atoms with Crippen molar-refractivity contribution in [2.75, 3.05) is 25.1 Å². The number of benzene rings is 1. The molecule has 0 aliphatic heterocycles. The Kier molecular flexibility index (Phi) is 4.77. The Bertz CT molecular complexity index is 355. The molecule has 0 radical (unpaired) electrons. The number of anilines is 1. The van der Waals surface area contributed by atoms with Crippen LogP contribution < -0.4 is 10.6 Å². The summed E-state index contributed by atoms with van der Waals surface area (Å²) < 4.78 is 39.1. The summed E-state index contributed by atoms with van der Waals surface area (Å²) in [7, 11) is 1.70. The minimum atomic E-state index is -4.58. The molecular weight excluding hydrogens is 233 g/mol. The fraction of sp³-hybridized carbons (Fsp3) is 0.455. The van der Waals surface area contributed by atoms with E-state index in [0.717, 1.165) is 11.3 Å². The Hall–Kier alpha value is -1.27. The highest BCUT2D eigenvalue weighted by molar-refractivity contribution is 5.52. The van der Waals surface area contributed by atoms with E-state index in [1.54, 1.807) is 11.9 Å². The van der Waals surface area contributed by atoms with E-state index in [-0.39, 0.29) is 6.54 Å². The summed E-state index contributed by atoms with van der Waals surface area (Å²) in [5.74, 6) is 0. The summed E-state index contributed by atoms with van der Waals surface area (Å²) >= 11 is 0. The number of nitrogens with zero attached hydrogens (tertiary/aromatic N) is 1. The van der Waals surface area contributed by atoms with Gasteiger partial charge in [0.1, 0.15) is 0 Å². The van der Waals surface area contributed by atoms with Crippen molar-refractivity contribution in [1.82, 2.24) is 0 Å². The Morgan fingerprint density at radius 2 is 1.94 bits per heavy atom. The van der Waals surface area contributed by atoms with Crippen LogP contribution in [0.5, 0.6) is 0 Å². The number of ether oxygens (including phenoxy) is 1. The summed E-state index contributed by atoms with van der Waals surface area (Å²) in [5, 5.41) is 0. The second kappa shape index (κ2) is 5.88. The van der Waals surface area contributed by atoms with Gasteiger partial charge in [0.2, 0.25) is 0 Å². The first-order valence-electron chi connectivity index (χ1n) is 5.14. The fourth-order valence-electron chi connectivity index (χ4n) is 1.47. The topological polar surface area (TPSA) is 38.5 Å². The first-order chi connectivity index (χ1) is 7.94. The molecule has 0 bridgehead atoms. The standard InChI is InChI=1S/C11H15F3N2O/c1-16(6-7-17-11(12,13)14)10-5-3-2-4-9(10)8-15/h2-5H,6-8,15H2,1H3. The van der Waals surface area contributed by atoms with Crippen LogP contribution >= 0.6 is 0 Å². The van der Waals surface area contributed by atoms with E-state index in [0.29, 0.717) is 6.54 Å². The maximum atomic E-state index is 11.8. The lowest BCUT2D eigenvalue weighted by molar-refractivity contribution is -0.323. The quantitative estimate of drug-likeness (QED) is 0.867. The van der Waals surface area contributed by atoms with Crippen LogP contribution in [0.15, 0.2) is 24.3 Å². The van der Waals surface area contributed by atoms with Gasteiger partial charge in [-0.1, -0.05) is 18.2 Å². The zero-order chi connectivity index (χ0) is 12.9. The number of halogens is 3. The molecule has 96 valence electrons. The van der Waals surface area contributed by atoms with Gasteiger partial charge < -0.3 is 10.6 Å². The highest BCUT2D eigenvalue weighted by Crippen LogP contribution is 2.19. The average molecular weight is 248 g/mol. The van der Waals surface area contributed by atoms with E-state index in [2.05, 4.69) is 4.74 Å². The van der Waals surface area contributed by atoms with Crippen LogP contribution in [0.3, 0.4) is 0 Å². The maximum absolute atomic E-state index is 11.8. The minimum Gasteiger partial charge on any atom is -0.372 e. The Morgan fingerprint density at radius 1 is 1.29 bits per heavy atom. The lowest BCUT2D eigenvalue weighted by Gasteiger charge is -2.22. The molecule has 1 aromatic rings. The fourth-order valence-corrected chi connectivity index (χ4v) is 1.47. The lowest BCUT2D eigenvalue weighted by atomic mass is 10.1. The molecule has 0 amide bonds. The third-order valence-corrected chi connectivity index (χ3v) is 2.32. The van der Waals surface area contributed by atoms with Gasteiger partial charge in [-0.15, -0.1) is 13.2 Å². The van der Waals surface area contributed by atoms with E-state index >= 15 is 0 Å². The number of likely N-dealkylation sites (N-methyl/N-ethyl adjacent to an activating group) is 1. The van der Waals surface area contributed by atoms with Gasteiger partial charge in [0.05, 0.1) is 6.61 Å². The molecule has 0 saturated heterocycles. The van der Waals surface area contributed by atoms with Gasteiger partial charge in [-0.3, -0.25) is 4.74 Å². The van der Waals surface area contributed by atoms with Gasteiger partial charge in [-0.2, -0.15) is 0 Å². The first-order valence-corrected chi connectivity index (χ1v) is 5.14. The zero-order valence-electron chi connectivity index (χ0n) is 9.50. The molecule has 1 aromatic carbocycles. The van der Waals surface area contributed by atoms with Crippen LogP contribution in [0, 0.1) is 0 Å². The molecule has 2 N–H and O–H groups in total. The molecule has 3 nitrogen and oxygen atoms in total. The van der Waals surface area contributed by atoms with Crippen LogP contribution in [0.25, 0.3) is 0 Å². The summed E-state index contributed by atoms with van der Waals surface area (Å²) in [5.41, 5.74) is 7.26. The van der Waals surface area contributed by atoms with Gasteiger partial charge in [-0.05, 0) is 11.6 Å². The Labute approximate surface area is 98.0 Å². The van der Waals surface area contributed by atoms with Crippen molar-refractivity contribution in [3.8, 4) is 0 Å². The third kappa shape index (κ3) is 4.62. The van der Waals surface area contributed by atoms with Crippen LogP contribution in [0.4, 0.5) is 18.9 Å². The zero-order valence-corrected chi connectivity index (χ0v) is 9.50. The number of hydrogen-bond acceptors (Lipinski definition) is 3. The van der Waals surface area contributed by atoms with E-state index in [1.807, 2.05) is 24.3 Å². The summed E-state index contributed by atoms with van der Waals surface area (Å²) in [6, 6.07) is 7.31. The summed E-state index contributed by atoms with van der Waals surface area (Å²) in [6.45, 7) is 0.0933. The molecule has 0 atom stereocenters. The third-order valence-electron chi connectivity index (χ3n) is 2.32. The molecule has 0 aliphatic rings. The lowest BCUT2D eigenvalue weighted by Crippen LogP contribution is -2.27. The average Bonchev–Trinajstić information content (AvgIpc) is 2.27. The molecule has 0 saturated carbocycles. The Balaban J connectivity index is 2.55. The van der Waals surface area contributed by atoms with Gasteiger partial charge >= 0.3 is 6.36 Å². The van der Waals surface area contributed by atoms with Crippen molar-refractivity contribution in [1.29, 1.82) is 0 Å². The van der Waals surface area contributed by atoms with Gasteiger partial charge in [0.25, 0.3) is 0 Å². The molecule has 0 heterocycles. The molecule has 1 rings (SSSR count). The van der Waals surface area contributed by atoms with Crippen LogP contribution in [-0.2, 0) is 11.3 Å². The molecular formula is C11H15F3N2O. The Morgan fingerprint density at radius 3 is 2.53 bits per heavy atom. The van der Waals surface area contributed by atoms with E-state index in [9.17, 15) is 13.2 Å². The number of nitrogens with two attached hydrogens (primary N) is 1. The largest absolute Gasteiger partial charge is 0.522 e. The predicted molar refractivity (Wildman–Crippen MR) is 59.6 cm³/mol. The highest BCUT2D eigenvalue weighted by Gasteiger charge is 2.28. The van der Waals surface area contributed by atoms with Crippen LogP contribution in [0.1, 0.15) is 5.56 Å². The van der Waals surface area contributed by atoms with Crippen molar-refractivity contribution in [2.45, 2.75) is 12.9 Å². The number of para-hydroxylation sites is 1. The SMILES string of the molecule is CN(CCOC(F)(F)F)c1ccccc1CN. The van der Waals surface area contributed by atoms with Crippen molar-refractivity contribution in [3.05, 3.63) is 29.8 Å². The van der Waals surface area contributed by atoms with Gasteiger partial charge in [-0.25, -0.2) is 0 Å². The number of hydrogen-bond donors (Lipinski definition) is 1. The predicted octanol–water partition coefficient (Wildman–Crippen LogP) is 2.12. The van der Waals surface area contributed by atoms with Crippen LogP contribution in [-0.4, -0.2) is 26.6 Å². The smallest absolute Gasteiger partial charge is 0.372 e. The summed E-state index contributed by atoms with van der Waals surface area (Å²) in [6.07, 6.45) is -4.58. The minimum absolute atomic E-state index is 0.149. The molecule has 0 unspecified atom stereocenters. The second-order valence-electron chi connectivity index (χ2n) is 3.55. The van der Waals surface area contributed by atoms with E-state index in [4.69, 9.17) is 5.73 Å². The molecule has 0 spiro atoms. The first kappa shape index (κ1) is 13.8. The van der Waals surface area contributed by atoms with Crippen LogP contribution in [0.2, 0.25) is 0 Å². The maximum Gasteiger partial charge on any atom is 0.522 e. The highest BCUT2D eigenvalue weighted by atomic mass is 19.4. The van der Waals surface area contributed by atoms with Gasteiger partial charge in [0.15, 0.2) is 0 Å². The van der Waals surface area contributed by atoms with Crippen molar-refractivity contribution >= 4 is 5.69 Å². The van der Waals surface area contributed by atoms with Crippen molar-refractivity contribution in [2.24, 2.45) is 5.73 Å². The molecule has 17 heavy (non-hydrogen) atoms. The molecule has 0 aliphatic carbocycles. The van der Waals surface area contributed by atoms with Gasteiger partial charge in [0, 0.05) is 25.8 Å². The van der Waals surface area contributed by atoms with Crippen molar-refractivity contribution < 1.29 is 17.9 Å². The monoisotopic (exact) mass is 248 g/mol. The normalized spacial score (nSPS) is 11.6. The molecule has 0 fully saturated rings. The van der Waals surface area contributed by atoms with Crippen molar-refractivity contribution in [3.63, 3.8) is 0 Å².